The Labute approximate surface area is 175 Å². The quantitative estimate of drug-likeness (QED) is 0.782. The maximum Gasteiger partial charge on any atom is 0.243 e. The molecule has 7 nitrogen and oxygen atoms in total. The van der Waals surface area contributed by atoms with Crippen molar-refractivity contribution in [3.8, 4) is 0 Å². The lowest BCUT2D eigenvalue weighted by Crippen LogP contribution is -2.48. The van der Waals surface area contributed by atoms with E-state index < -0.39 is 10.0 Å². The van der Waals surface area contributed by atoms with E-state index >= 15 is 0 Å². The number of nitrogens with zero attached hydrogens (tertiary/aromatic N) is 3. The molecule has 1 aromatic heterocycles. The molecule has 0 bridgehead atoms. The van der Waals surface area contributed by atoms with E-state index in [1.165, 1.54) is 35.8 Å². The van der Waals surface area contributed by atoms with Gasteiger partial charge in [-0.1, -0.05) is 6.07 Å². The molecular formula is C20H26N4O3S2. The van der Waals surface area contributed by atoms with E-state index in [1.807, 2.05) is 17.5 Å². The van der Waals surface area contributed by atoms with Crippen molar-refractivity contribution in [1.82, 2.24) is 14.2 Å². The van der Waals surface area contributed by atoms with Gasteiger partial charge in [-0.05, 0) is 48.9 Å². The first-order valence-corrected chi connectivity index (χ1v) is 12.3. The van der Waals surface area contributed by atoms with Crippen molar-refractivity contribution in [3.05, 3.63) is 40.4 Å². The monoisotopic (exact) mass is 434 g/mol. The van der Waals surface area contributed by atoms with Crippen LogP contribution >= 0.6 is 11.3 Å². The summed E-state index contributed by atoms with van der Waals surface area (Å²) in [6, 6.07) is 5.65. The van der Waals surface area contributed by atoms with Crippen molar-refractivity contribution >= 4 is 32.4 Å². The molecule has 29 heavy (non-hydrogen) atoms. The molecule has 0 saturated carbocycles. The van der Waals surface area contributed by atoms with Crippen LogP contribution in [-0.2, 0) is 34.2 Å². The van der Waals surface area contributed by atoms with Crippen LogP contribution in [0.4, 0.5) is 5.13 Å². The highest BCUT2D eigenvalue weighted by molar-refractivity contribution is 7.89. The number of benzene rings is 1. The van der Waals surface area contributed by atoms with Gasteiger partial charge in [0.15, 0.2) is 5.13 Å². The summed E-state index contributed by atoms with van der Waals surface area (Å²) >= 11 is 1.40. The summed E-state index contributed by atoms with van der Waals surface area (Å²) in [4.78, 5) is 18.2. The lowest BCUT2D eigenvalue weighted by Gasteiger charge is -2.33. The Kier molecular flexibility index (Phi) is 6.00. The van der Waals surface area contributed by atoms with Gasteiger partial charge in [-0.15, -0.1) is 11.3 Å². The number of rotatable bonds is 5. The van der Waals surface area contributed by atoms with E-state index in [0.717, 1.165) is 25.0 Å². The molecule has 1 saturated heterocycles. The van der Waals surface area contributed by atoms with E-state index in [-0.39, 0.29) is 5.91 Å². The molecule has 0 unspecified atom stereocenters. The highest BCUT2D eigenvalue weighted by atomic mass is 32.2. The normalized spacial score (nSPS) is 18.4. The van der Waals surface area contributed by atoms with Gasteiger partial charge in [0.1, 0.15) is 0 Å². The van der Waals surface area contributed by atoms with Gasteiger partial charge in [-0.25, -0.2) is 13.4 Å². The predicted octanol–water partition coefficient (Wildman–Crippen LogP) is 2.49. The number of anilines is 1. The van der Waals surface area contributed by atoms with E-state index in [9.17, 15) is 13.2 Å². The maximum atomic E-state index is 13.1. The zero-order valence-electron chi connectivity index (χ0n) is 16.6. The molecule has 0 atom stereocenters. The number of piperazine rings is 1. The van der Waals surface area contributed by atoms with Crippen LogP contribution in [0.3, 0.4) is 0 Å². The van der Waals surface area contributed by atoms with Crippen molar-refractivity contribution in [2.45, 2.75) is 44.0 Å². The summed E-state index contributed by atoms with van der Waals surface area (Å²) in [6.07, 6.45) is 4.34. The first-order valence-electron chi connectivity index (χ1n) is 9.98. The van der Waals surface area contributed by atoms with E-state index in [1.54, 1.807) is 10.4 Å². The van der Waals surface area contributed by atoms with Gasteiger partial charge in [0.25, 0.3) is 0 Å². The zero-order valence-corrected chi connectivity index (χ0v) is 18.2. The van der Waals surface area contributed by atoms with E-state index in [0.29, 0.717) is 42.8 Å². The summed E-state index contributed by atoms with van der Waals surface area (Å²) in [6.45, 7) is 4.39. The topological polar surface area (TPSA) is 82.6 Å². The minimum Gasteiger partial charge on any atom is -0.302 e. The lowest BCUT2D eigenvalue weighted by atomic mass is 9.92. The maximum absolute atomic E-state index is 13.1. The summed E-state index contributed by atoms with van der Waals surface area (Å²) in [7, 11) is -3.46. The Morgan fingerprint density at radius 1 is 1.14 bits per heavy atom. The van der Waals surface area contributed by atoms with Crippen molar-refractivity contribution in [2.24, 2.45) is 0 Å². The second kappa shape index (κ2) is 8.51. The van der Waals surface area contributed by atoms with Crippen LogP contribution in [0.1, 0.15) is 36.6 Å². The van der Waals surface area contributed by atoms with Crippen molar-refractivity contribution in [3.63, 3.8) is 0 Å². The fourth-order valence-electron chi connectivity index (χ4n) is 3.96. The smallest absolute Gasteiger partial charge is 0.243 e. The first kappa shape index (κ1) is 20.5. The second-order valence-electron chi connectivity index (χ2n) is 7.64. The number of thiazole rings is 1. The van der Waals surface area contributed by atoms with Crippen molar-refractivity contribution in [1.29, 1.82) is 0 Å². The number of sulfonamides is 1. The van der Waals surface area contributed by atoms with Gasteiger partial charge in [0.05, 0.1) is 10.6 Å². The molecule has 1 amide bonds. The number of aromatic nitrogens is 1. The number of carbonyl (C=O) groups is 1. The summed E-state index contributed by atoms with van der Waals surface area (Å²) < 4.78 is 27.8. The average Bonchev–Trinajstić information content (AvgIpc) is 3.14. The van der Waals surface area contributed by atoms with Gasteiger partial charge in [0.2, 0.25) is 15.9 Å². The Hall–Kier alpha value is -1.81. The molecule has 2 heterocycles. The molecule has 4 rings (SSSR count). The van der Waals surface area contributed by atoms with Crippen molar-refractivity contribution in [2.75, 3.05) is 31.5 Å². The Bertz CT molecular complexity index is 995. The van der Waals surface area contributed by atoms with Crippen LogP contribution in [0.5, 0.6) is 0 Å². The molecule has 1 N–H and O–H groups in total. The largest absolute Gasteiger partial charge is 0.302 e. The highest BCUT2D eigenvalue weighted by Gasteiger charge is 2.29. The molecule has 1 aromatic carbocycles. The third kappa shape index (κ3) is 4.69. The molecule has 2 aromatic rings. The van der Waals surface area contributed by atoms with Crippen LogP contribution < -0.4 is 5.32 Å². The Morgan fingerprint density at radius 3 is 2.59 bits per heavy atom. The van der Waals surface area contributed by atoms with Gasteiger partial charge >= 0.3 is 0 Å². The standard InChI is InChI=1S/C20H26N4O3S2/c1-15(25)21-20-22-18(14-28-20)13-23-8-10-24(11-9-23)29(26,27)19-7-6-16-4-2-3-5-17(16)12-19/h6-7,12,14H,2-5,8-11,13H2,1H3,(H,21,22,25). The molecule has 0 spiro atoms. The minimum atomic E-state index is -3.46. The minimum absolute atomic E-state index is 0.133. The fraction of sp³-hybridized carbons (Fsp3) is 0.500. The third-order valence-electron chi connectivity index (χ3n) is 5.51. The highest BCUT2D eigenvalue weighted by Crippen LogP contribution is 2.26. The van der Waals surface area contributed by atoms with E-state index in [2.05, 4.69) is 15.2 Å². The molecule has 2 aliphatic rings. The number of fused-ring (bicyclic) bond motifs is 1. The number of amides is 1. The van der Waals surface area contributed by atoms with Gasteiger partial charge < -0.3 is 5.32 Å². The van der Waals surface area contributed by atoms with Crippen LogP contribution in [0.15, 0.2) is 28.5 Å². The number of hydrogen-bond acceptors (Lipinski definition) is 6. The number of nitrogens with one attached hydrogen (secondary N) is 1. The molecule has 1 aliphatic carbocycles. The number of aryl methyl sites for hydroxylation is 2. The second-order valence-corrected chi connectivity index (χ2v) is 10.4. The molecule has 1 fully saturated rings. The number of hydrogen-bond donors (Lipinski definition) is 1. The summed E-state index contributed by atoms with van der Waals surface area (Å²) in [5.41, 5.74) is 3.38. The Balaban J connectivity index is 1.37. The van der Waals surface area contributed by atoms with Crippen molar-refractivity contribution < 1.29 is 13.2 Å². The van der Waals surface area contributed by atoms with E-state index in [4.69, 9.17) is 0 Å². The van der Waals surface area contributed by atoms with Crippen LogP contribution in [0, 0.1) is 0 Å². The molecule has 1 aliphatic heterocycles. The van der Waals surface area contributed by atoms with Crippen LogP contribution in [0.25, 0.3) is 0 Å². The number of carbonyl (C=O) groups excluding carboxylic acids is 1. The lowest BCUT2D eigenvalue weighted by molar-refractivity contribution is -0.114. The fourth-order valence-corrected chi connectivity index (χ4v) is 6.18. The van der Waals surface area contributed by atoms with Crippen LogP contribution in [-0.4, -0.2) is 54.7 Å². The summed E-state index contributed by atoms with van der Waals surface area (Å²) in [5, 5.41) is 5.22. The molecule has 0 radical (unpaired) electrons. The zero-order chi connectivity index (χ0) is 20.4. The summed E-state index contributed by atoms with van der Waals surface area (Å²) in [5.74, 6) is -0.133. The molecule has 9 heteroatoms. The van der Waals surface area contributed by atoms with Crippen LogP contribution in [0.2, 0.25) is 0 Å². The van der Waals surface area contributed by atoms with Gasteiger partial charge in [-0.2, -0.15) is 4.31 Å². The van der Waals surface area contributed by atoms with Gasteiger partial charge in [0, 0.05) is 45.0 Å². The first-order chi connectivity index (χ1) is 13.9. The molecule has 156 valence electrons. The molecular weight excluding hydrogens is 408 g/mol. The third-order valence-corrected chi connectivity index (χ3v) is 8.21. The Morgan fingerprint density at radius 2 is 1.86 bits per heavy atom. The predicted molar refractivity (Wildman–Crippen MR) is 114 cm³/mol. The average molecular weight is 435 g/mol. The van der Waals surface area contributed by atoms with Gasteiger partial charge in [-0.3, -0.25) is 9.69 Å². The SMILES string of the molecule is CC(=O)Nc1nc(CN2CCN(S(=O)(=O)c3ccc4c(c3)CCCC4)CC2)cs1.